The lowest BCUT2D eigenvalue weighted by molar-refractivity contribution is -0.127. The molecule has 1 aliphatic rings. The molecule has 1 heterocycles. The van der Waals surface area contributed by atoms with Crippen LogP contribution in [0.25, 0.3) is 0 Å². The van der Waals surface area contributed by atoms with E-state index in [9.17, 15) is 4.79 Å². The number of rotatable bonds is 7. The van der Waals surface area contributed by atoms with Crippen molar-refractivity contribution in [1.82, 2.24) is 10.2 Å². The molecule has 0 aromatic heterocycles. The molecular weight excluding hydrogens is 391 g/mol. The topological polar surface area (TPSA) is 32.3 Å². The highest BCUT2D eigenvalue weighted by atomic mass is 35.5. The average molecular weight is 419 g/mol. The van der Waals surface area contributed by atoms with Crippen LogP contribution in [-0.2, 0) is 17.8 Å². The number of halogens is 2. The highest BCUT2D eigenvalue weighted by Crippen LogP contribution is 2.25. The van der Waals surface area contributed by atoms with Crippen molar-refractivity contribution in [3.05, 3.63) is 69.7 Å². The van der Waals surface area contributed by atoms with Crippen molar-refractivity contribution in [3.63, 3.8) is 0 Å². The van der Waals surface area contributed by atoms with Gasteiger partial charge in [-0.3, -0.25) is 9.69 Å². The Bertz CT molecular complexity index is 773. The van der Waals surface area contributed by atoms with Gasteiger partial charge in [0.25, 0.3) is 0 Å². The molecule has 1 N–H and O–H groups in total. The summed E-state index contributed by atoms with van der Waals surface area (Å²) >= 11 is 12.1. The molecule has 0 aliphatic carbocycles. The third kappa shape index (κ3) is 6.23. The van der Waals surface area contributed by atoms with Crippen LogP contribution in [0.15, 0.2) is 48.5 Å². The van der Waals surface area contributed by atoms with Gasteiger partial charge in [0.2, 0.25) is 5.91 Å². The van der Waals surface area contributed by atoms with Crippen molar-refractivity contribution >= 4 is 29.1 Å². The predicted molar refractivity (Wildman–Crippen MR) is 117 cm³/mol. The van der Waals surface area contributed by atoms with Crippen LogP contribution in [0.3, 0.4) is 0 Å². The number of hydrogen-bond acceptors (Lipinski definition) is 2. The van der Waals surface area contributed by atoms with Gasteiger partial charge in [0.05, 0.1) is 10.0 Å². The van der Waals surface area contributed by atoms with E-state index in [0.29, 0.717) is 10.0 Å². The molecule has 1 atom stereocenters. The molecule has 3 nitrogen and oxygen atoms in total. The molecule has 0 saturated carbocycles. The first-order valence-corrected chi connectivity index (χ1v) is 10.8. The van der Waals surface area contributed by atoms with E-state index in [0.717, 1.165) is 50.9 Å². The van der Waals surface area contributed by atoms with Gasteiger partial charge in [-0.2, -0.15) is 0 Å². The number of nitrogens with zero attached hydrogens (tertiary/aromatic N) is 1. The first-order chi connectivity index (χ1) is 13.5. The number of aryl methyl sites for hydroxylation is 1. The third-order valence-electron chi connectivity index (χ3n) is 5.45. The fourth-order valence-corrected chi connectivity index (χ4v) is 4.03. The largest absolute Gasteiger partial charge is 0.353 e. The summed E-state index contributed by atoms with van der Waals surface area (Å²) in [7, 11) is 0. The fourth-order valence-electron chi connectivity index (χ4n) is 3.71. The van der Waals surface area contributed by atoms with Crippen LogP contribution >= 0.6 is 23.2 Å². The lowest BCUT2D eigenvalue weighted by Gasteiger charge is -2.32. The number of benzene rings is 2. The van der Waals surface area contributed by atoms with Gasteiger partial charge in [-0.15, -0.1) is 0 Å². The van der Waals surface area contributed by atoms with Gasteiger partial charge in [0, 0.05) is 18.5 Å². The summed E-state index contributed by atoms with van der Waals surface area (Å²) in [5.74, 6) is 0.319. The molecule has 1 fully saturated rings. The summed E-state index contributed by atoms with van der Waals surface area (Å²) in [5, 5.41) is 4.39. The van der Waals surface area contributed by atoms with Gasteiger partial charge in [-0.1, -0.05) is 59.6 Å². The molecule has 1 saturated heterocycles. The summed E-state index contributed by atoms with van der Waals surface area (Å²) < 4.78 is 0. The predicted octanol–water partition coefficient (Wildman–Crippen LogP) is 5.34. The van der Waals surface area contributed by atoms with Crippen molar-refractivity contribution in [2.75, 3.05) is 13.1 Å². The summed E-state index contributed by atoms with van der Waals surface area (Å²) in [6.45, 7) is 4.80. The summed E-state index contributed by atoms with van der Waals surface area (Å²) in [6.07, 6.45) is 3.76. The van der Waals surface area contributed by atoms with E-state index in [1.807, 2.05) is 24.3 Å². The van der Waals surface area contributed by atoms with Crippen LogP contribution in [-0.4, -0.2) is 29.9 Å². The normalized spacial score (nSPS) is 16.7. The van der Waals surface area contributed by atoms with E-state index < -0.39 is 0 Å². The minimum Gasteiger partial charge on any atom is -0.353 e. The molecule has 1 aliphatic heterocycles. The van der Waals surface area contributed by atoms with Gasteiger partial charge >= 0.3 is 0 Å². The Balaban J connectivity index is 1.40. The van der Waals surface area contributed by atoms with E-state index in [2.05, 4.69) is 41.4 Å². The fraction of sp³-hybridized carbons (Fsp3) is 0.435. The van der Waals surface area contributed by atoms with Crippen LogP contribution < -0.4 is 5.32 Å². The van der Waals surface area contributed by atoms with Crippen molar-refractivity contribution in [3.8, 4) is 0 Å². The maximum atomic E-state index is 12.6. The Morgan fingerprint density at radius 3 is 2.46 bits per heavy atom. The SMILES string of the molecule is C[C@H](CCc1ccccc1)NC(=O)C1CCN(Cc2ccc(Cl)c(Cl)c2)CC1. The number of carbonyl (C=O) groups is 1. The van der Waals surface area contributed by atoms with Crippen molar-refractivity contribution < 1.29 is 4.79 Å². The Labute approximate surface area is 178 Å². The quantitative estimate of drug-likeness (QED) is 0.657. The monoisotopic (exact) mass is 418 g/mol. The number of piperidine rings is 1. The second-order valence-electron chi connectivity index (χ2n) is 7.73. The van der Waals surface area contributed by atoms with Gasteiger partial charge in [-0.25, -0.2) is 0 Å². The lowest BCUT2D eigenvalue weighted by Crippen LogP contribution is -2.43. The van der Waals surface area contributed by atoms with Gasteiger partial charge < -0.3 is 5.32 Å². The minimum atomic E-state index is 0.115. The molecule has 2 aromatic carbocycles. The Morgan fingerprint density at radius 1 is 1.07 bits per heavy atom. The lowest BCUT2D eigenvalue weighted by atomic mass is 9.95. The molecule has 150 valence electrons. The van der Waals surface area contributed by atoms with E-state index >= 15 is 0 Å². The number of hydrogen-bond donors (Lipinski definition) is 1. The van der Waals surface area contributed by atoms with Crippen LogP contribution in [0.4, 0.5) is 0 Å². The number of nitrogens with one attached hydrogen (secondary N) is 1. The van der Waals surface area contributed by atoms with Crippen molar-refractivity contribution in [2.45, 2.75) is 45.2 Å². The highest BCUT2D eigenvalue weighted by molar-refractivity contribution is 6.42. The third-order valence-corrected chi connectivity index (χ3v) is 6.19. The molecular formula is C23H28Cl2N2O. The van der Waals surface area contributed by atoms with Crippen LogP contribution in [0.2, 0.25) is 10.0 Å². The maximum Gasteiger partial charge on any atom is 0.223 e. The average Bonchev–Trinajstić information content (AvgIpc) is 2.70. The van der Waals surface area contributed by atoms with Crippen LogP contribution in [0.5, 0.6) is 0 Å². The molecule has 0 bridgehead atoms. The molecule has 28 heavy (non-hydrogen) atoms. The summed E-state index contributed by atoms with van der Waals surface area (Å²) in [5.41, 5.74) is 2.48. The second-order valence-corrected chi connectivity index (χ2v) is 8.55. The first kappa shape index (κ1) is 21.2. The first-order valence-electron chi connectivity index (χ1n) is 10.0. The summed E-state index contributed by atoms with van der Waals surface area (Å²) in [6, 6.07) is 16.4. The molecule has 0 spiro atoms. The van der Waals surface area contributed by atoms with E-state index in [1.165, 1.54) is 5.56 Å². The van der Waals surface area contributed by atoms with E-state index in [1.54, 1.807) is 0 Å². The minimum absolute atomic E-state index is 0.115. The van der Waals surface area contributed by atoms with E-state index in [4.69, 9.17) is 23.2 Å². The molecule has 0 radical (unpaired) electrons. The van der Waals surface area contributed by atoms with Gasteiger partial charge in [-0.05, 0) is 69.0 Å². The summed E-state index contributed by atoms with van der Waals surface area (Å²) in [4.78, 5) is 15.0. The number of likely N-dealkylation sites (tertiary alicyclic amines) is 1. The highest BCUT2D eigenvalue weighted by Gasteiger charge is 2.25. The Kier molecular flexibility index (Phi) is 7.78. The van der Waals surface area contributed by atoms with Crippen molar-refractivity contribution in [2.24, 2.45) is 5.92 Å². The number of carbonyl (C=O) groups excluding carboxylic acids is 1. The van der Waals surface area contributed by atoms with Crippen molar-refractivity contribution in [1.29, 1.82) is 0 Å². The number of amides is 1. The molecule has 2 aromatic rings. The standard InChI is InChI=1S/C23H28Cl2N2O/c1-17(7-8-18-5-3-2-4-6-18)26-23(28)20-11-13-27(14-12-20)16-19-9-10-21(24)22(25)15-19/h2-6,9-10,15,17,20H,7-8,11-14,16H2,1H3,(H,26,28)/t17-/m1/s1. The Morgan fingerprint density at radius 2 is 1.79 bits per heavy atom. The maximum absolute atomic E-state index is 12.6. The second kappa shape index (κ2) is 10.3. The smallest absolute Gasteiger partial charge is 0.223 e. The Hall–Kier alpha value is -1.55. The molecule has 3 rings (SSSR count). The van der Waals surface area contributed by atoms with Gasteiger partial charge in [0.15, 0.2) is 0 Å². The zero-order chi connectivity index (χ0) is 19.9. The van der Waals surface area contributed by atoms with E-state index in [-0.39, 0.29) is 17.9 Å². The zero-order valence-electron chi connectivity index (χ0n) is 16.3. The van der Waals surface area contributed by atoms with Gasteiger partial charge in [0.1, 0.15) is 0 Å². The van der Waals surface area contributed by atoms with Crippen LogP contribution in [0.1, 0.15) is 37.3 Å². The molecule has 0 unspecified atom stereocenters. The zero-order valence-corrected chi connectivity index (χ0v) is 17.8. The molecule has 1 amide bonds. The molecule has 5 heteroatoms. The van der Waals surface area contributed by atoms with Crippen LogP contribution in [0, 0.1) is 5.92 Å².